The minimum absolute atomic E-state index is 0.247. The number of carbonyl (C=O) groups excluding carboxylic acids is 1. The van der Waals surface area contributed by atoms with Crippen LogP contribution in [0.5, 0.6) is 0 Å². The van der Waals surface area contributed by atoms with Crippen LogP contribution in [0.15, 0.2) is 60.7 Å². The molecule has 5 rings (SSSR count). The van der Waals surface area contributed by atoms with E-state index in [0.29, 0.717) is 5.56 Å². The molecule has 1 saturated heterocycles. The van der Waals surface area contributed by atoms with Gasteiger partial charge in [-0.25, -0.2) is 4.79 Å². The fourth-order valence-electron chi connectivity index (χ4n) is 5.10. The van der Waals surface area contributed by atoms with Gasteiger partial charge in [0.05, 0.1) is 5.56 Å². The molecule has 4 atom stereocenters. The van der Waals surface area contributed by atoms with E-state index < -0.39 is 0 Å². The van der Waals surface area contributed by atoms with Crippen LogP contribution >= 0.6 is 0 Å². The van der Waals surface area contributed by atoms with Crippen LogP contribution in [0, 0.1) is 36.0 Å². The molecule has 1 aliphatic heterocycles. The Balaban J connectivity index is 1.19. The first-order valence-corrected chi connectivity index (χ1v) is 9.97. The van der Waals surface area contributed by atoms with Gasteiger partial charge in [0.15, 0.2) is 0 Å². The van der Waals surface area contributed by atoms with Gasteiger partial charge in [-0.3, -0.25) is 0 Å². The van der Waals surface area contributed by atoms with Gasteiger partial charge in [0.25, 0.3) is 0 Å². The van der Waals surface area contributed by atoms with Crippen LogP contribution in [0.1, 0.15) is 27.9 Å². The summed E-state index contributed by atoms with van der Waals surface area (Å²) in [6, 6.07) is 15.3. The van der Waals surface area contributed by atoms with E-state index in [1.165, 1.54) is 12.1 Å². The SMILES string of the molecule is C#Cc1ccc(COC(=O)c2ccc(N3CC4C(C3)[C@H]3C=C[C@@H]4C3)cc2)cc1. The van der Waals surface area contributed by atoms with Gasteiger partial charge in [-0.1, -0.05) is 30.2 Å². The summed E-state index contributed by atoms with van der Waals surface area (Å²) in [6.45, 7) is 2.51. The number of rotatable bonds is 4. The fraction of sp³-hybridized carbons (Fsp3) is 0.320. The predicted molar refractivity (Wildman–Crippen MR) is 110 cm³/mol. The Hall–Kier alpha value is -2.99. The lowest BCUT2D eigenvalue weighted by atomic mass is 9.86. The van der Waals surface area contributed by atoms with E-state index in [0.717, 1.165) is 47.9 Å². The van der Waals surface area contributed by atoms with Crippen molar-refractivity contribution in [1.82, 2.24) is 0 Å². The first-order valence-electron chi connectivity index (χ1n) is 9.97. The molecular formula is C25H23NO2. The predicted octanol–water partition coefficient (Wildman–Crippen LogP) is 4.28. The van der Waals surface area contributed by atoms with Crippen molar-refractivity contribution >= 4 is 11.7 Å². The van der Waals surface area contributed by atoms with Gasteiger partial charge < -0.3 is 9.64 Å². The van der Waals surface area contributed by atoms with Crippen molar-refractivity contribution in [3.63, 3.8) is 0 Å². The molecule has 140 valence electrons. The number of esters is 1. The summed E-state index contributed by atoms with van der Waals surface area (Å²) in [7, 11) is 0. The average Bonchev–Trinajstić information content (AvgIpc) is 3.46. The summed E-state index contributed by atoms with van der Waals surface area (Å²) in [4.78, 5) is 14.8. The molecule has 2 aliphatic carbocycles. The zero-order chi connectivity index (χ0) is 19.1. The van der Waals surface area contributed by atoms with E-state index in [1.807, 2.05) is 36.4 Å². The Bertz CT molecular complexity index is 932. The topological polar surface area (TPSA) is 29.5 Å². The van der Waals surface area contributed by atoms with Crippen LogP contribution in [0.3, 0.4) is 0 Å². The highest BCUT2D eigenvalue weighted by molar-refractivity contribution is 5.89. The first-order chi connectivity index (χ1) is 13.7. The van der Waals surface area contributed by atoms with E-state index in [-0.39, 0.29) is 12.6 Å². The molecule has 1 saturated carbocycles. The molecule has 0 aromatic heterocycles. The van der Waals surface area contributed by atoms with Crippen molar-refractivity contribution in [2.75, 3.05) is 18.0 Å². The van der Waals surface area contributed by atoms with Crippen LogP contribution in [-0.2, 0) is 11.3 Å². The summed E-state index contributed by atoms with van der Waals surface area (Å²) in [5.74, 6) is 5.46. The number of nitrogens with zero attached hydrogens (tertiary/aromatic N) is 1. The Morgan fingerprint density at radius 1 is 1.00 bits per heavy atom. The molecule has 28 heavy (non-hydrogen) atoms. The van der Waals surface area contributed by atoms with Crippen LogP contribution in [0.2, 0.25) is 0 Å². The number of hydrogen-bond donors (Lipinski definition) is 0. The Morgan fingerprint density at radius 3 is 2.25 bits per heavy atom. The van der Waals surface area contributed by atoms with E-state index >= 15 is 0 Å². The second kappa shape index (κ2) is 6.87. The van der Waals surface area contributed by atoms with Gasteiger partial charge in [0.2, 0.25) is 0 Å². The van der Waals surface area contributed by atoms with Gasteiger partial charge in [-0.2, -0.15) is 0 Å². The number of ether oxygens (including phenoxy) is 1. The van der Waals surface area contributed by atoms with Gasteiger partial charge in [-0.05, 0) is 72.1 Å². The summed E-state index contributed by atoms with van der Waals surface area (Å²) in [5, 5.41) is 0. The van der Waals surface area contributed by atoms with Crippen molar-refractivity contribution in [3.8, 4) is 12.3 Å². The van der Waals surface area contributed by atoms with E-state index in [2.05, 4.69) is 35.1 Å². The molecule has 2 aromatic carbocycles. The number of anilines is 1. The van der Waals surface area contributed by atoms with Gasteiger partial charge >= 0.3 is 5.97 Å². The highest BCUT2D eigenvalue weighted by Gasteiger charge is 2.49. The molecule has 0 amide bonds. The maximum Gasteiger partial charge on any atom is 0.338 e. The third-order valence-electron chi connectivity index (χ3n) is 6.62. The van der Waals surface area contributed by atoms with Crippen LogP contribution < -0.4 is 4.90 Å². The van der Waals surface area contributed by atoms with Crippen LogP contribution in [-0.4, -0.2) is 19.1 Å². The monoisotopic (exact) mass is 369 g/mol. The Labute approximate surface area is 166 Å². The lowest BCUT2D eigenvalue weighted by Gasteiger charge is -2.21. The second-order valence-corrected chi connectivity index (χ2v) is 8.15. The minimum Gasteiger partial charge on any atom is -0.457 e. The fourth-order valence-corrected chi connectivity index (χ4v) is 5.10. The molecular weight excluding hydrogens is 346 g/mol. The second-order valence-electron chi connectivity index (χ2n) is 8.15. The lowest BCUT2D eigenvalue weighted by molar-refractivity contribution is 0.0473. The van der Waals surface area contributed by atoms with Crippen LogP contribution in [0.25, 0.3) is 0 Å². The maximum absolute atomic E-state index is 12.4. The molecule has 2 aromatic rings. The maximum atomic E-state index is 12.4. The molecule has 3 aliphatic rings. The molecule has 3 nitrogen and oxygen atoms in total. The number of fused-ring (bicyclic) bond motifs is 5. The quantitative estimate of drug-likeness (QED) is 0.458. The molecule has 3 heteroatoms. The zero-order valence-corrected chi connectivity index (χ0v) is 15.8. The van der Waals surface area contributed by atoms with Gasteiger partial charge in [0, 0.05) is 24.3 Å². The minimum atomic E-state index is -0.298. The van der Waals surface area contributed by atoms with Crippen molar-refractivity contribution in [2.45, 2.75) is 13.0 Å². The standard InChI is InChI=1S/C25H23NO2/c1-2-17-3-5-18(6-4-17)16-28-25(27)19-9-11-22(12-10-19)26-14-23-20-7-8-21(13-20)24(23)15-26/h1,3-12,20-21,23-24H,13-16H2/t20-,21+,23?,24?. The third kappa shape index (κ3) is 2.99. The third-order valence-corrected chi connectivity index (χ3v) is 6.62. The number of terminal acetylenes is 1. The molecule has 0 N–H and O–H groups in total. The van der Waals surface area contributed by atoms with Gasteiger partial charge in [-0.15, -0.1) is 6.42 Å². The smallest absolute Gasteiger partial charge is 0.338 e. The number of benzene rings is 2. The van der Waals surface area contributed by atoms with E-state index in [1.54, 1.807) is 0 Å². The summed E-state index contributed by atoms with van der Waals surface area (Å²) in [6.07, 6.45) is 11.6. The van der Waals surface area contributed by atoms with Crippen molar-refractivity contribution < 1.29 is 9.53 Å². The highest BCUT2D eigenvalue weighted by atomic mass is 16.5. The summed E-state index contributed by atoms with van der Waals surface area (Å²) in [5.41, 5.74) is 3.54. The number of allylic oxidation sites excluding steroid dienone is 2. The molecule has 1 heterocycles. The molecule has 2 unspecified atom stereocenters. The normalized spacial score (nSPS) is 26.9. The zero-order valence-electron chi connectivity index (χ0n) is 15.8. The van der Waals surface area contributed by atoms with Crippen molar-refractivity contribution in [3.05, 3.63) is 77.4 Å². The summed E-state index contributed by atoms with van der Waals surface area (Å²) >= 11 is 0. The average molecular weight is 369 g/mol. The number of hydrogen-bond acceptors (Lipinski definition) is 3. The Morgan fingerprint density at radius 2 is 1.64 bits per heavy atom. The summed E-state index contributed by atoms with van der Waals surface area (Å²) < 4.78 is 5.44. The van der Waals surface area contributed by atoms with Crippen molar-refractivity contribution in [2.24, 2.45) is 23.7 Å². The van der Waals surface area contributed by atoms with Gasteiger partial charge in [0.1, 0.15) is 6.61 Å². The van der Waals surface area contributed by atoms with E-state index in [4.69, 9.17) is 11.2 Å². The lowest BCUT2D eigenvalue weighted by Crippen LogP contribution is -2.22. The highest BCUT2D eigenvalue weighted by Crippen LogP contribution is 2.51. The largest absolute Gasteiger partial charge is 0.457 e. The number of carbonyl (C=O) groups is 1. The van der Waals surface area contributed by atoms with E-state index in [9.17, 15) is 4.79 Å². The molecule has 2 fully saturated rings. The Kier molecular flexibility index (Phi) is 4.20. The van der Waals surface area contributed by atoms with Crippen LogP contribution in [0.4, 0.5) is 5.69 Å². The first kappa shape index (κ1) is 17.1. The molecule has 0 radical (unpaired) electrons. The van der Waals surface area contributed by atoms with Crippen molar-refractivity contribution in [1.29, 1.82) is 0 Å². The molecule has 0 spiro atoms. The molecule has 2 bridgehead atoms.